The number of aromatic nitrogens is 3. The molecule has 1 aliphatic carbocycles. The van der Waals surface area contributed by atoms with E-state index in [1.807, 2.05) is 31.2 Å². The summed E-state index contributed by atoms with van der Waals surface area (Å²) in [6.45, 7) is 4.93. The Balaban J connectivity index is 1.54. The number of amides is 1. The molecule has 0 saturated heterocycles. The van der Waals surface area contributed by atoms with Crippen molar-refractivity contribution in [2.75, 3.05) is 5.75 Å². The topological polar surface area (TPSA) is 59.8 Å². The summed E-state index contributed by atoms with van der Waals surface area (Å²) in [7, 11) is 0. The van der Waals surface area contributed by atoms with Crippen LogP contribution < -0.4 is 5.32 Å². The molecule has 1 amide bonds. The second kappa shape index (κ2) is 7.70. The van der Waals surface area contributed by atoms with Crippen LogP contribution in [0.3, 0.4) is 0 Å². The smallest absolute Gasteiger partial charge is 0.230 e. The third-order valence-electron chi connectivity index (χ3n) is 4.08. The van der Waals surface area contributed by atoms with Crippen LogP contribution in [0.15, 0.2) is 33.9 Å². The molecule has 1 N–H and O–H groups in total. The number of hydrogen-bond donors (Lipinski definition) is 1. The molecule has 1 aromatic carbocycles. The summed E-state index contributed by atoms with van der Waals surface area (Å²) in [6.07, 6.45) is 2.40. The average Bonchev–Trinajstić information content (AvgIpc) is 3.33. The highest BCUT2D eigenvalue weighted by molar-refractivity contribution is 9.10. The minimum atomic E-state index is -0.0164. The minimum Gasteiger partial charge on any atom is -0.349 e. The maximum Gasteiger partial charge on any atom is 0.230 e. The first-order valence-corrected chi connectivity index (χ1v) is 9.97. The number of rotatable bonds is 7. The Bertz CT molecular complexity index is 712. The van der Waals surface area contributed by atoms with Crippen molar-refractivity contribution in [1.29, 1.82) is 0 Å². The van der Waals surface area contributed by atoms with Gasteiger partial charge < -0.3 is 9.88 Å². The van der Waals surface area contributed by atoms with Gasteiger partial charge in [-0.1, -0.05) is 39.8 Å². The van der Waals surface area contributed by atoms with E-state index < -0.39 is 0 Å². The van der Waals surface area contributed by atoms with E-state index in [1.165, 1.54) is 24.6 Å². The molecule has 3 rings (SSSR count). The highest BCUT2D eigenvalue weighted by Gasteiger charge is 2.30. The van der Waals surface area contributed by atoms with E-state index in [9.17, 15) is 4.79 Å². The second-order valence-corrected chi connectivity index (χ2v) is 7.85. The van der Waals surface area contributed by atoms with E-state index in [0.29, 0.717) is 11.7 Å². The highest BCUT2D eigenvalue weighted by Crippen LogP contribution is 2.39. The molecule has 24 heavy (non-hydrogen) atoms. The van der Waals surface area contributed by atoms with E-state index in [-0.39, 0.29) is 11.9 Å². The van der Waals surface area contributed by atoms with Crippen LogP contribution in [0.2, 0.25) is 0 Å². The Morgan fingerprint density at radius 2 is 2.08 bits per heavy atom. The molecule has 0 radical (unpaired) electrons. The molecule has 1 aliphatic rings. The molecule has 5 nitrogen and oxygen atoms in total. The van der Waals surface area contributed by atoms with E-state index >= 15 is 0 Å². The van der Waals surface area contributed by atoms with Gasteiger partial charge in [-0.2, -0.15) is 0 Å². The Labute approximate surface area is 154 Å². The second-order valence-electron chi connectivity index (χ2n) is 5.99. The molecule has 2 aromatic rings. The van der Waals surface area contributed by atoms with Crippen LogP contribution >= 0.6 is 27.7 Å². The van der Waals surface area contributed by atoms with Gasteiger partial charge in [0.1, 0.15) is 5.82 Å². The average molecular weight is 409 g/mol. The Morgan fingerprint density at radius 3 is 2.71 bits per heavy atom. The fraction of sp³-hybridized carbons (Fsp3) is 0.471. The van der Waals surface area contributed by atoms with Crippen LogP contribution in [0.5, 0.6) is 0 Å². The predicted molar refractivity (Wildman–Crippen MR) is 99.1 cm³/mol. The van der Waals surface area contributed by atoms with Gasteiger partial charge in [-0.3, -0.25) is 4.79 Å². The normalized spacial score (nSPS) is 15.3. The summed E-state index contributed by atoms with van der Waals surface area (Å²) in [4.78, 5) is 12.2. The van der Waals surface area contributed by atoms with Gasteiger partial charge in [0.05, 0.1) is 11.8 Å². The minimum absolute atomic E-state index is 0.00837. The zero-order chi connectivity index (χ0) is 17.1. The molecule has 1 fully saturated rings. The predicted octanol–water partition coefficient (Wildman–Crippen LogP) is 3.91. The van der Waals surface area contributed by atoms with Gasteiger partial charge in [-0.15, -0.1) is 10.2 Å². The molecular formula is C17H21BrN4OS. The molecule has 1 atom stereocenters. The van der Waals surface area contributed by atoms with Crippen molar-refractivity contribution in [3.8, 4) is 0 Å². The molecule has 1 unspecified atom stereocenters. The first-order valence-electron chi connectivity index (χ1n) is 8.19. The van der Waals surface area contributed by atoms with Gasteiger partial charge in [0.25, 0.3) is 0 Å². The van der Waals surface area contributed by atoms with Gasteiger partial charge >= 0.3 is 0 Å². The Kier molecular flexibility index (Phi) is 5.61. The van der Waals surface area contributed by atoms with Crippen molar-refractivity contribution < 1.29 is 4.79 Å². The maximum atomic E-state index is 12.2. The molecule has 0 spiro atoms. The summed E-state index contributed by atoms with van der Waals surface area (Å²) in [5, 5.41) is 12.4. The summed E-state index contributed by atoms with van der Waals surface area (Å²) >= 11 is 4.88. The number of carbonyl (C=O) groups is 1. The molecule has 1 aromatic heterocycles. The lowest BCUT2D eigenvalue weighted by atomic mass is 10.1. The van der Waals surface area contributed by atoms with Crippen molar-refractivity contribution in [1.82, 2.24) is 20.1 Å². The van der Waals surface area contributed by atoms with E-state index in [0.717, 1.165) is 27.6 Å². The lowest BCUT2D eigenvalue weighted by Crippen LogP contribution is -2.28. The summed E-state index contributed by atoms with van der Waals surface area (Å²) in [6, 6.07) is 7.97. The number of halogens is 1. The van der Waals surface area contributed by atoms with Crippen LogP contribution in [0, 0.1) is 0 Å². The molecule has 0 bridgehead atoms. The molecule has 0 aliphatic heterocycles. The summed E-state index contributed by atoms with van der Waals surface area (Å²) in [5.74, 6) is 2.00. The van der Waals surface area contributed by atoms with Crippen molar-refractivity contribution in [2.45, 2.75) is 50.4 Å². The number of thioether (sulfide) groups is 1. The van der Waals surface area contributed by atoms with E-state index in [4.69, 9.17) is 0 Å². The van der Waals surface area contributed by atoms with E-state index in [2.05, 4.69) is 42.9 Å². The van der Waals surface area contributed by atoms with Crippen LogP contribution in [0.1, 0.15) is 50.0 Å². The largest absolute Gasteiger partial charge is 0.349 e. The number of benzene rings is 1. The highest BCUT2D eigenvalue weighted by atomic mass is 79.9. The molecule has 1 saturated carbocycles. The quantitative estimate of drug-likeness (QED) is 0.705. The molecular weight excluding hydrogens is 388 g/mol. The fourth-order valence-electron chi connectivity index (χ4n) is 2.60. The monoisotopic (exact) mass is 408 g/mol. The van der Waals surface area contributed by atoms with Gasteiger partial charge in [0.15, 0.2) is 5.16 Å². The maximum absolute atomic E-state index is 12.2. The standard InChI is InChI=1S/C17H21BrN4OS/c1-3-22-16(13-4-5-13)20-21-17(22)24-10-15(23)19-11(2)12-6-8-14(18)9-7-12/h6-9,11,13H,3-5,10H2,1-2H3,(H,19,23). The van der Waals surface area contributed by atoms with Crippen molar-refractivity contribution in [3.63, 3.8) is 0 Å². The lowest BCUT2D eigenvalue weighted by molar-refractivity contribution is -0.119. The number of hydrogen-bond acceptors (Lipinski definition) is 4. The van der Waals surface area contributed by atoms with Gasteiger partial charge in [-0.25, -0.2) is 0 Å². The van der Waals surface area contributed by atoms with Crippen LogP contribution in [0.4, 0.5) is 0 Å². The van der Waals surface area contributed by atoms with Gasteiger partial charge in [-0.05, 0) is 44.4 Å². The fourth-order valence-corrected chi connectivity index (χ4v) is 3.68. The zero-order valence-corrected chi connectivity index (χ0v) is 16.2. The summed E-state index contributed by atoms with van der Waals surface area (Å²) in [5.41, 5.74) is 1.09. The van der Waals surface area contributed by atoms with Crippen molar-refractivity contribution in [3.05, 3.63) is 40.1 Å². The molecule has 1 heterocycles. The zero-order valence-electron chi connectivity index (χ0n) is 13.8. The van der Waals surface area contributed by atoms with Crippen LogP contribution in [-0.4, -0.2) is 26.4 Å². The van der Waals surface area contributed by atoms with Gasteiger partial charge in [0, 0.05) is 16.9 Å². The van der Waals surface area contributed by atoms with Gasteiger partial charge in [0.2, 0.25) is 5.91 Å². The summed E-state index contributed by atoms with van der Waals surface area (Å²) < 4.78 is 3.17. The van der Waals surface area contributed by atoms with E-state index in [1.54, 1.807) is 0 Å². The number of nitrogens with one attached hydrogen (secondary N) is 1. The Morgan fingerprint density at radius 1 is 1.38 bits per heavy atom. The van der Waals surface area contributed by atoms with Crippen LogP contribution in [-0.2, 0) is 11.3 Å². The Hall–Kier alpha value is -1.34. The number of nitrogens with zero attached hydrogens (tertiary/aromatic N) is 3. The molecule has 7 heteroatoms. The molecule has 128 valence electrons. The van der Waals surface area contributed by atoms with Crippen molar-refractivity contribution >= 4 is 33.6 Å². The first kappa shape index (κ1) is 17.5. The van der Waals surface area contributed by atoms with Crippen LogP contribution in [0.25, 0.3) is 0 Å². The number of carbonyl (C=O) groups excluding carboxylic acids is 1. The lowest BCUT2D eigenvalue weighted by Gasteiger charge is -2.14. The van der Waals surface area contributed by atoms with Crippen molar-refractivity contribution in [2.24, 2.45) is 0 Å². The first-order chi connectivity index (χ1) is 11.6. The third-order valence-corrected chi connectivity index (χ3v) is 5.58. The third kappa shape index (κ3) is 4.19. The SMILES string of the molecule is CCn1c(SCC(=O)NC(C)c2ccc(Br)cc2)nnc1C1CC1.